The van der Waals surface area contributed by atoms with Crippen LogP contribution in [0.4, 0.5) is 0 Å². The third-order valence-corrected chi connectivity index (χ3v) is 2.82. The number of terminal acetylenes is 1. The molecule has 0 aromatic heterocycles. The molecule has 0 aliphatic rings. The maximum atomic E-state index is 5.93. The van der Waals surface area contributed by atoms with Gasteiger partial charge in [0.05, 0.1) is 6.10 Å². The van der Waals surface area contributed by atoms with Crippen LogP contribution in [0.15, 0.2) is 0 Å². The molecule has 2 unspecified atom stereocenters. The summed E-state index contributed by atoms with van der Waals surface area (Å²) in [5, 5.41) is 3.58. The van der Waals surface area contributed by atoms with E-state index in [2.05, 4.69) is 45.9 Å². The van der Waals surface area contributed by atoms with Crippen LogP contribution >= 0.6 is 0 Å². The van der Waals surface area contributed by atoms with E-state index < -0.39 is 0 Å². The van der Waals surface area contributed by atoms with Crippen molar-refractivity contribution in [1.82, 2.24) is 5.32 Å². The number of rotatable bonds is 8. The maximum absolute atomic E-state index is 5.93. The normalized spacial score (nSPS) is 15.3. The molecule has 0 bridgehead atoms. The van der Waals surface area contributed by atoms with Crippen molar-refractivity contribution in [2.45, 2.75) is 66.0 Å². The zero-order valence-electron chi connectivity index (χ0n) is 12.2. The summed E-state index contributed by atoms with van der Waals surface area (Å²) in [6, 6.07) is 0.353. The Morgan fingerprint density at radius 3 is 2.35 bits per heavy atom. The molecule has 1 N–H and O–H groups in total. The molecule has 0 aromatic carbocycles. The molecule has 0 saturated heterocycles. The van der Waals surface area contributed by atoms with Crippen LogP contribution in [-0.2, 0) is 4.74 Å². The summed E-state index contributed by atoms with van der Waals surface area (Å²) in [5.74, 6) is 2.73. The maximum Gasteiger partial charge on any atom is 0.0776 e. The molecule has 17 heavy (non-hydrogen) atoms. The lowest BCUT2D eigenvalue weighted by Crippen LogP contribution is -2.48. The molecule has 100 valence electrons. The molecule has 0 spiro atoms. The van der Waals surface area contributed by atoms with E-state index in [0.29, 0.717) is 6.04 Å². The fourth-order valence-corrected chi connectivity index (χ4v) is 2.08. The van der Waals surface area contributed by atoms with Crippen molar-refractivity contribution >= 4 is 0 Å². The van der Waals surface area contributed by atoms with Crippen molar-refractivity contribution in [2.24, 2.45) is 5.41 Å². The van der Waals surface area contributed by atoms with Gasteiger partial charge in [0, 0.05) is 19.1 Å². The Bertz CT molecular complexity index is 224. The van der Waals surface area contributed by atoms with Crippen molar-refractivity contribution in [1.29, 1.82) is 0 Å². The Morgan fingerprint density at radius 2 is 1.94 bits per heavy atom. The molecule has 2 nitrogen and oxygen atoms in total. The van der Waals surface area contributed by atoms with E-state index in [0.717, 1.165) is 32.4 Å². The lowest BCUT2D eigenvalue weighted by Gasteiger charge is -2.37. The minimum atomic E-state index is 0.135. The summed E-state index contributed by atoms with van der Waals surface area (Å²) in [6.07, 6.45) is 8.51. The Hall–Kier alpha value is -0.520. The average molecular weight is 239 g/mol. The van der Waals surface area contributed by atoms with Gasteiger partial charge < -0.3 is 10.1 Å². The zero-order chi connectivity index (χ0) is 13.3. The second kappa shape index (κ2) is 8.55. The first-order chi connectivity index (χ1) is 7.97. The quantitative estimate of drug-likeness (QED) is 0.657. The topological polar surface area (TPSA) is 21.3 Å². The first-order valence-electron chi connectivity index (χ1n) is 6.75. The van der Waals surface area contributed by atoms with Crippen LogP contribution in [0.2, 0.25) is 0 Å². The van der Waals surface area contributed by atoms with Crippen LogP contribution in [0.1, 0.15) is 53.9 Å². The highest BCUT2D eigenvalue weighted by atomic mass is 16.5. The van der Waals surface area contributed by atoms with E-state index in [1.807, 2.05) is 0 Å². The van der Waals surface area contributed by atoms with Crippen LogP contribution in [0.3, 0.4) is 0 Å². The van der Waals surface area contributed by atoms with Gasteiger partial charge in [-0.1, -0.05) is 27.7 Å². The summed E-state index contributed by atoms with van der Waals surface area (Å²) < 4.78 is 5.93. The molecule has 0 fully saturated rings. The van der Waals surface area contributed by atoms with Gasteiger partial charge in [-0.15, -0.1) is 12.3 Å². The Kier molecular flexibility index (Phi) is 8.29. The van der Waals surface area contributed by atoms with Gasteiger partial charge in [-0.05, 0) is 31.7 Å². The van der Waals surface area contributed by atoms with E-state index in [1.54, 1.807) is 0 Å². The SMILES string of the molecule is C#CCCC(NCCC)C(OCC)C(C)(C)C. The molecule has 2 heteroatoms. The summed E-state index contributed by atoms with van der Waals surface area (Å²) in [4.78, 5) is 0. The van der Waals surface area contributed by atoms with Crippen LogP contribution in [0.5, 0.6) is 0 Å². The highest BCUT2D eigenvalue weighted by Gasteiger charge is 2.32. The predicted molar refractivity (Wildman–Crippen MR) is 75.0 cm³/mol. The first kappa shape index (κ1) is 16.5. The standard InChI is InChI=1S/C15H29NO/c1-7-10-11-13(16-12-8-2)14(17-9-3)15(4,5)6/h1,13-14,16H,8-12H2,2-6H3. The van der Waals surface area contributed by atoms with Crippen LogP contribution < -0.4 is 5.32 Å². The Balaban J connectivity index is 4.61. The van der Waals surface area contributed by atoms with Gasteiger partial charge >= 0.3 is 0 Å². The molecule has 0 rings (SSSR count). The molecule has 2 atom stereocenters. The molecule has 0 aliphatic heterocycles. The van der Waals surface area contributed by atoms with Gasteiger partial charge in [0.2, 0.25) is 0 Å². The third-order valence-electron chi connectivity index (χ3n) is 2.82. The molecule has 0 heterocycles. The Labute approximate surface area is 108 Å². The monoisotopic (exact) mass is 239 g/mol. The summed E-state index contributed by atoms with van der Waals surface area (Å²) in [6.45, 7) is 12.7. The highest BCUT2D eigenvalue weighted by molar-refractivity contribution is 4.91. The average Bonchev–Trinajstić information content (AvgIpc) is 2.25. The van der Waals surface area contributed by atoms with Gasteiger partial charge in [-0.25, -0.2) is 0 Å². The van der Waals surface area contributed by atoms with Crippen molar-refractivity contribution in [3.8, 4) is 12.3 Å². The van der Waals surface area contributed by atoms with Crippen molar-refractivity contribution in [2.75, 3.05) is 13.2 Å². The minimum Gasteiger partial charge on any atom is -0.376 e. The van der Waals surface area contributed by atoms with Gasteiger partial charge in [0.15, 0.2) is 0 Å². The van der Waals surface area contributed by atoms with E-state index in [1.165, 1.54) is 0 Å². The van der Waals surface area contributed by atoms with E-state index in [4.69, 9.17) is 11.2 Å². The number of hydrogen-bond donors (Lipinski definition) is 1. The zero-order valence-corrected chi connectivity index (χ0v) is 12.2. The third kappa shape index (κ3) is 6.71. The molecule has 0 radical (unpaired) electrons. The summed E-state index contributed by atoms with van der Waals surface area (Å²) in [7, 11) is 0. The molecular formula is C15H29NO. The second-order valence-electron chi connectivity index (χ2n) is 5.55. The first-order valence-corrected chi connectivity index (χ1v) is 6.75. The second-order valence-corrected chi connectivity index (χ2v) is 5.55. The number of nitrogens with one attached hydrogen (secondary N) is 1. The molecule has 0 saturated carbocycles. The fourth-order valence-electron chi connectivity index (χ4n) is 2.08. The van der Waals surface area contributed by atoms with Crippen molar-refractivity contribution in [3.63, 3.8) is 0 Å². The highest BCUT2D eigenvalue weighted by Crippen LogP contribution is 2.27. The van der Waals surface area contributed by atoms with Gasteiger partial charge in [0.1, 0.15) is 0 Å². The van der Waals surface area contributed by atoms with E-state index in [-0.39, 0.29) is 11.5 Å². The fraction of sp³-hybridized carbons (Fsp3) is 0.867. The number of hydrogen-bond acceptors (Lipinski definition) is 2. The van der Waals surface area contributed by atoms with Crippen molar-refractivity contribution in [3.05, 3.63) is 0 Å². The van der Waals surface area contributed by atoms with Crippen LogP contribution in [-0.4, -0.2) is 25.3 Å². The predicted octanol–water partition coefficient (Wildman–Crippen LogP) is 3.22. The largest absolute Gasteiger partial charge is 0.376 e. The van der Waals surface area contributed by atoms with Crippen LogP contribution in [0, 0.1) is 17.8 Å². The molecule has 0 amide bonds. The van der Waals surface area contributed by atoms with Gasteiger partial charge in [0.25, 0.3) is 0 Å². The lowest BCUT2D eigenvalue weighted by atomic mass is 9.83. The van der Waals surface area contributed by atoms with E-state index in [9.17, 15) is 0 Å². The molecular weight excluding hydrogens is 210 g/mol. The van der Waals surface area contributed by atoms with E-state index >= 15 is 0 Å². The summed E-state index contributed by atoms with van der Waals surface area (Å²) in [5.41, 5.74) is 0.135. The van der Waals surface area contributed by atoms with Crippen molar-refractivity contribution < 1.29 is 4.74 Å². The smallest absolute Gasteiger partial charge is 0.0776 e. The lowest BCUT2D eigenvalue weighted by molar-refractivity contribution is -0.0370. The van der Waals surface area contributed by atoms with Gasteiger partial charge in [-0.3, -0.25) is 0 Å². The molecule has 0 aliphatic carbocycles. The Morgan fingerprint density at radius 1 is 1.29 bits per heavy atom. The number of ether oxygens (including phenoxy) is 1. The van der Waals surface area contributed by atoms with Crippen LogP contribution in [0.25, 0.3) is 0 Å². The minimum absolute atomic E-state index is 0.135. The molecule has 0 aromatic rings. The summed E-state index contributed by atoms with van der Waals surface area (Å²) >= 11 is 0. The van der Waals surface area contributed by atoms with Gasteiger partial charge in [-0.2, -0.15) is 0 Å².